The molecule has 0 spiro atoms. The van der Waals surface area contributed by atoms with E-state index in [0.29, 0.717) is 6.04 Å². The Balaban J connectivity index is 1.65. The largest absolute Gasteiger partial charge is 0.309 e. The van der Waals surface area contributed by atoms with Crippen LogP contribution in [0.25, 0.3) is 0 Å². The number of nitrogens with zero attached hydrogens (tertiary/aromatic N) is 1. The quantitative estimate of drug-likeness (QED) is 0.873. The molecular formula is C17H26N2. The first-order valence-corrected chi connectivity index (χ1v) is 7.90. The zero-order chi connectivity index (χ0) is 13.1. The van der Waals surface area contributed by atoms with E-state index in [4.69, 9.17) is 0 Å². The van der Waals surface area contributed by atoms with E-state index in [9.17, 15) is 0 Å². The van der Waals surface area contributed by atoms with Crippen LogP contribution in [0.3, 0.4) is 0 Å². The molecule has 1 aromatic carbocycles. The van der Waals surface area contributed by atoms with Gasteiger partial charge in [0.2, 0.25) is 0 Å². The van der Waals surface area contributed by atoms with Gasteiger partial charge in [-0.3, -0.25) is 0 Å². The van der Waals surface area contributed by atoms with Crippen molar-refractivity contribution in [2.75, 3.05) is 26.2 Å². The summed E-state index contributed by atoms with van der Waals surface area (Å²) in [5.74, 6) is 0.971. The second kappa shape index (κ2) is 6.06. The van der Waals surface area contributed by atoms with Gasteiger partial charge in [-0.05, 0) is 49.4 Å². The van der Waals surface area contributed by atoms with Gasteiger partial charge in [-0.1, -0.05) is 37.6 Å². The average Bonchev–Trinajstić information content (AvgIpc) is 2.41. The van der Waals surface area contributed by atoms with E-state index < -0.39 is 0 Å². The lowest BCUT2D eigenvalue weighted by atomic mass is 9.85. The minimum absolute atomic E-state index is 0.532. The Bertz CT molecular complexity index is 411. The fourth-order valence-corrected chi connectivity index (χ4v) is 3.39. The van der Waals surface area contributed by atoms with Crippen LogP contribution >= 0.6 is 0 Å². The lowest BCUT2D eigenvalue weighted by Crippen LogP contribution is -2.41. The Hall–Kier alpha value is -0.860. The molecule has 0 aromatic heterocycles. The normalized spacial score (nSPS) is 23.2. The van der Waals surface area contributed by atoms with E-state index in [1.165, 1.54) is 50.9 Å². The molecule has 1 heterocycles. The third-order valence-corrected chi connectivity index (χ3v) is 4.84. The van der Waals surface area contributed by atoms with Gasteiger partial charge >= 0.3 is 0 Å². The summed E-state index contributed by atoms with van der Waals surface area (Å²) in [6.45, 7) is 7.08. The van der Waals surface area contributed by atoms with E-state index in [1.807, 2.05) is 0 Å². The zero-order valence-electron chi connectivity index (χ0n) is 12.1. The molecule has 2 aliphatic rings. The molecule has 0 saturated heterocycles. The monoisotopic (exact) mass is 258 g/mol. The molecule has 1 atom stereocenters. The van der Waals surface area contributed by atoms with Gasteiger partial charge in [-0.15, -0.1) is 0 Å². The molecule has 1 saturated carbocycles. The highest BCUT2D eigenvalue weighted by molar-refractivity contribution is 5.32. The Labute approximate surface area is 117 Å². The fraction of sp³-hybridized carbons (Fsp3) is 0.647. The molecule has 1 N–H and O–H groups in total. The van der Waals surface area contributed by atoms with Crippen molar-refractivity contribution in [1.29, 1.82) is 0 Å². The van der Waals surface area contributed by atoms with Crippen molar-refractivity contribution in [3.05, 3.63) is 35.4 Å². The number of hydrogen-bond acceptors (Lipinski definition) is 2. The number of rotatable bonds is 5. The molecule has 3 rings (SSSR count). The van der Waals surface area contributed by atoms with Gasteiger partial charge in [0.15, 0.2) is 0 Å². The summed E-state index contributed by atoms with van der Waals surface area (Å²) in [5.41, 5.74) is 3.08. The molecule has 1 aromatic rings. The Morgan fingerprint density at radius 1 is 1.21 bits per heavy atom. The molecule has 0 bridgehead atoms. The Kier molecular flexibility index (Phi) is 4.19. The molecule has 1 unspecified atom stereocenters. The summed E-state index contributed by atoms with van der Waals surface area (Å²) in [6.07, 6.45) is 5.53. The summed E-state index contributed by atoms with van der Waals surface area (Å²) < 4.78 is 0. The minimum Gasteiger partial charge on any atom is -0.309 e. The van der Waals surface area contributed by atoms with Crippen molar-refractivity contribution in [2.45, 2.75) is 38.6 Å². The van der Waals surface area contributed by atoms with Crippen molar-refractivity contribution in [3.8, 4) is 0 Å². The first-order chi connectivity index (χ1) is 9.36. The predicted molar refractivity (Wildman–Crippen MR) is 80.3 cm³/mol. The van der Waals surface area contributed by atoms with Gasteiger partial charge in [0.1, 0.15) is 0 Å². The second-order valence-electron chi connectivity index (χ2n) is 6.10. The van der Waals surface area contributed by atoms with E-state index in [0.717, 1.165) is 12.5 Å². The summed E-state index contributed by atoms with van der Waals surface area (Å²) in [7, 11) is 0. The molecule has 104 valence electrons. The third-order valence-electron chi connectivity index (χ3n) is 4.84. The number of nitrogens with one attached hydrogen (secondary N) is 1. The van der Waals surface area contributed by atoms with Gasteiger partial charge in [-0.25, -0.2) is 0 Å². The van der Waals surface area contributed by atoms with Crippen molar-refractivity contribution in [3.63, 3.8) is 0 Å². The summed E-state index contributed by atoms with van der Waals surface area (Å²) in [4.78, 5) is 2.64. The van der Waals surface area contributed by atoms with E-state index in [-0.39, 0.29) is 0 Å². The summed E-state index contributed by atoms with van der Waals surface area (Å²) >= 11 is 0. The van der Waals surface area contributed by atoms with Gasteiger partial charge in [-0.2, -0.15) is 0 Å². The molecule has 1 aliphatic carbocycles. The van der Waals surface area contributed by atoms with E-state index in [1.54, 1.807) is 5.56 Å². The van der Waals surface area contributed by atoms with Crippen LogP contribution in [-0.2, 0) is 6.42 Å². The zero-order valence-corrected chi connectivity index (χ0v) is 12.1. The SMILES string of the molecule is CCN(CC1CCC1)CC1NCCc2ccccc21. The number of hydrogen-bond donors (Lipinski definition) is 1. The standard InChI is InChI=1S/C17H26N2/c1-2-19(12-14-6-5-7-14)13-17-16-9-4-3-8-15(16)10-11-18-17/h3-4,8-9,14,17-18H,2,5-7,10-13H2,1H3. The average molecular weight is 258 g/mol. The molecule has 1 fully saturated rings. The van der Waals surface area contributed by atoms with Gasteiger partial charge in [0.25, 0.3) is 0 Å². The smallest absolute Gasteiger partial charge is 0.0452 e. The highest BCUT2D eigenvalue weighted by Gasteiger charge is 2.24. The van der Waals surface area contributed by atoms with Crippen molar-refractivity contribution in [2.24, 2.45) is 5.92 Å². The fourth-order valence-electron chi connectivity index (χ4n) is 3.39. The molecule has 0 amide bonds. The maximum Gasteiger partial charge on any atom is 0.0452 e. The summed E-state index contributed by atoms with van der Waals surface area (Å²) in [5, 5.41) is 3.71. The Morgan fingerprint density at radius 2 is 2.05 bits per heavy atom. The van der Waals surface area contributed by atoms with E-state index >= 15 is 0 Å². The van der Waals surface area contributed by atoms with Crippen LogP contribution in [-0.4, -0.2) is 31.1 Å². The molecule has 19 heavy (non-hydrogen) atoms. The number of likely N-dealkylation sites (N-methyl/N-ethyl adjacent to an activating group) is 1. The van der Waals surface area contributed by atoms with Crippen LogP contribution in [0.15, 0.2) is 24.3 Å². The highest BCUT2D eigenvalue weighted by Crippen LogP contribution is 2.28. The number of benzene rings is 1. The molecule has 2 nitrogen and oxygen atoms in total. The van der Waals surface area contributed by atoms with Crippen LogP contribution in [0.5, 0.6) is 0 Å². The molecule has 2 heteroatoms. The maximum absolute atomic E-state index is 3.71. The van der Waals surface area contributed by atoms with Crippen LogP contribution in [0, 0.1) is 5.92 Å². The second-order valence-corrected chi connectivity index (χ2v) is 6.10. The van der Waals surface area contributed by atoms with Crippen molar-refractivity contribution in [1.82, 2.24) is 10.2 Å². The maximum atomic E-state index is 3.71. The van der Waals surface area contributed by atoms with Crippen molar-refractivity contribution < 1.29 is 0 Å². The Morgan fingerprint density at radius 3 is 2.79 bits per heavy atom. The highest BCUT2D eigenvalue weighted by atomic mass is 15.1. The van der Waals surface area contributed by atoms with Gasteiger partial charge < -0.3 is 10.2 Å². The third kappa shape index (κ3) is 3.01. The van der Waals surface area contributed by atoms with Crippen LogP contribution in [0.1, 0.15) is 43.4 Å². The topological polar surface area (TPSA) is 15.3 Å². The molecule has 0 radical (unpaired) electrons. The first kappa shape index (κ1) is 13.1. The van der Waals surface area contributed by atoms with E-state index in [2.05, 4.69) is 41.4 Å². The first-order valence-electron chi connectivity index (χ1n) is 7.90. The lowest BCUT2D eigenvalue weighted by molar-refractivity contribution is 0.169. The van der Waals surface area contributed by atoms with Gasteiger partial charge in [0, 0.05) is 19.1 Å². The molecular weight excluding hydrogens is 232 g/mol. The lowest BCUT2D eigenvalue weighted by Gasteiger charge is -2.36. The number of fused-ring (bicyclic) bond motifs is 1. The minimum atomic E-state index is 0.532. The van der Waals surface area contributed by atoms with Crippen LogP contribution in [0.2, 0.25) is 0 Å². The molecule has 1 aliphatic heterocycles. The summed E-state index contributed by atoms with van der Waals surface area (Å²) in [6, 6.07) is 9.49. The van der Waals surface area contributed by atoms with Crippen molar-refractivity contribution >= 4 is 0 Å². The van der Waals surface area contributed by atoms with Gasteiger partial charge in [0.05, 0.1) is 0 Å². The predicted octanol–water partition coefficient (Wildman–Crippen LogP) is 3.00. The van der Waals surface area contributed by atoms with Crippen LogP contribution < -0.4 is 5.32 Å². The van der Waals surface area contributed by atoms with Crippen LogP contribution in [0.4, 0.5) is 0 Å².